The standard InChI is InChI=1S/C12H18N2O5/c1-7(2)18-8-5-11(19-9(8)6-15)14-4-3-10(16)13-12(14)17/h3-4,7-9,11,15H,5-6H2,1-2H3,(H,13,16,17)/t8-,9+,11+/m0/s1. The molecule has 0 aromatic carbocycles. The summed E-state index contributed by atoms with van der Waals surface area (Å²) in [5.74, 6) is 0. The highest BCUT2D eigenvalue weighted by atomic mass is 16.6. The Morgan fingerprint density at radius 3 is 2.89 bits per heavy atom. The van der Waals surface area contributed by atoms with Crippen molar-refractivity contribution in [1.29, 1.82) is 0 Å². The molecule has 7 heteroatoms. The molecule has 1 fully saturated rings. The highest BCUT2D eigenvalue weighted by Crippen LogP contribution is 2.30. The molecule has 3 atom stereocenters. The molecular formula is C12H18N2O5. The van der Waals surface area contributed by atoms with Crippen LogP contribution in [-0.4, -0.2) is 39.6 Å². The van der Waals surface area contributed by atoms with Gasteiger partial charge in [0.1, 0.15) is 12.3 Å². The van der Waals surface area contributed by atoms with Crippen molar-refractivity contribution in [3.05, 3.63) is 33.1 Å². The first-order valence-corrected chi connectivity index (χ1v) is 6.24. The Morgan fingerprint density at radius 1 is 1.58 bits per heavy atom. The van der Waals surface area contributed by atoms with Gasteiger partial charge in [-0.05, 0) is 13.8 Å². The molecule has 19 heavy (non-hydrogen) atoms. The lowest BCUT2D eigenvalue weighted by Crippen LogP contribution is -2.31. The summed E-state index contributed by atoms with van der Waals surface area (Å²) in [5, 5.41) is 9.28. The van der Waals surface area contributed by atoms with E-state index < -0.39 is 23.6 Å². The molecule has 0 bridgehead atoms. The quantitative estimate of drug-likeness (QED) is 0.777. The Bertz CT molecular complexity index is 535. The van der Waals surface area contributed by atoms with E-state index in [0.717, 1.165) is 0 Å². The van der Waals surface area contributed by atoms with E-state index in [1.165, 1.54) is 16.8 Å². The van der Waals surface area contributed by atoms with Gasteiger partial charge in [-0.25, -0.2) is 4.79 Å². The van der Waals surface area contributed by atoms with E-state index in [1.54, 1.807) is 0 Å². The predicted molar refractivity (Wildman–Crippen MR) is 66.9 cm³/mol. The summed E-state index contributed by atoms with van der Waals surface area (Å²) in [4.78, 5) is 24.9. The second-order valence-electron chi connectivity index (χ2n) is 4.79. The van der Waals surface area contributed by atoms with Crippen molar-refractivity contribution in [2.75, 3.05) is 6.61 Å². The van der Waals surface area contributed by atoms with Gasteiger partial charge < -0.3 is 14.6 Å². The summed E-state index contributed by atoms with van der Waals surface area (Å²) < 4.78 is 12.6. The topological polar surface area (TPSA) is 93.6 Å². The number of aromatic nitrogens is 2. The molecule has 1 aromatic heterocycles. The molecule has 0 aliphatic carbocycles. The zero-order chi connectivity index (χ0) is 14.0. The van der Waals surface area contributed by atoms with Crippen molar-refractivity contribution in [2.45, 2.75) is 44.8 Å². The number of rotatable bonds is 4. The summed E-state index contributed by atoms with van der Waals surface area (Å²) in [5.41, 5.74) is -0.979. The number of H-pyrrole nitrogens is 1. The van der Waals surface area contributed by atoms with Gasteiger partial charge in [0.25, 0.3) is 5.56 Å². The first-order chi connectivity index (χ1) is 9.01. The van der Waals surface area contributed by atoms with Gasteiger partial charge in [-0.15, -0.1) is 0 Å². The lowest BCUT2D eigenvalue weighted by Gasteiger charge is -2.18. The monoisotopic (exact) mass is 270 g/mol. The van der Waals surface area contributed by atoms with Gasteiger partial charge in [-0.3, -0.25) is 14.3 Å². The molecular weight excluding hydrogens is 252 g/mol. The van der Waals surface area contributed by atoms with E-state index in [0.29, 0.717) is 6.42 Å². The Hall–Kier alpha value is -1.44. The largest absolute Gasteiger partial charge is 0.394 e. The second kappa shape index (κ2) is 5.68. The first kappa shape index (κ1) is 14.0. The number of hydrogen-bond donors (Lipinski definition) is 2. The molecule has 7 nitrogen and oxygen atoms in total. The lowest BCUT2D eigenvalue weighted by atomic mass is 10.2. The van der Waals surface area contributed by atoms with E-state index in [4.69, 9.17) is 9.47 Å². The normalized spacial score (nSPS) is 27.1. The summed E-state index contributed by atoms with van der Waals surface area (Å²) >= 11 is 0. The maximum Gasteiger partial charge on any atom is 0.330 e. The molecule has 1 aliphatic heterocycles. The van der Waals surface area contributed by atoms with Crippen LogP contribution < -0.4 is 11.2 Å². The molecule has 0 spiro atoms. The summed E-state index contributed by atoms with van der Waals surface area (Å²) in [7, 11) is 0. The summed E-state index contributed by atoms with van der Waals surface area (Å²) in [6.45, 7) is 3.62. The minimum Gasteiger partial charge on any atom is -0.394 e. The fraction of sp³-hybridized carbons (Fsp3) is 0.667. The minimum atomic E-state index is -0.537. The van der Waals surface area contributed by atoms with Crippen LogP contribution in [0.2, 0.25) is 0 Å². The van der Waals surface area contributed by atoms with Gasteiger partial charge >= 0.3 is 5.69 Å². The molecule has 1 saturated heterocycles. The highest BCUT2D eigenvalue weighted by Gasteiger charge is 2.37. The molecule has 106 valence electrons. The third kappa shape index (κ3) is 3.12. The Morgan fingerprint density at radius 2 is 2.32 bits per heavy atom. The van der Waals surface area contributed by atoms with E-state index in [2.05, 4.69) is 4.98 Å². The van der Waals surface area contributed by atoms with Crippen LogP contribution >= 0.6 is 0 Å². The first-order valence-electron chi connectivity index (χ1n) is 6.24. The van der Waals surface area contributed by atoms with Crippen LogP contribution in [0.25, 0.3) is 0 Å². The van der Waals surface area contributed by atoms with Crippen molar-refractivity contribution in [3.8, 4) is 0 Å². The molecule has 1 aliphatic rings. The molecule has 0 radical (unpaired) electrons. The van der Waals surface area contributed by atoms with Crippen LogP contribution in [0.15, 0.2) is 21.9 Å². The van der Waals surface area contributed by atoms with Gasteiger partial charge in [0, 0.05) is 18.7 Å². The molecule has 2 N–H and O–H groups in total. The highest BCUT2D eigenvalue weighted by molar-refractivity contribution is 4.88. The van der Waals surface area contributed by atoms with Gasteiger partial charge in [-0.2, -0.15) is 0 Å². The number of nitrogens with one attached hydrogen (secondary N) is 1. The number of hydrogen-bond acceptors (Lipinski definition) is 5. The number of aliphatic hydroxyl groups is 1. The second-order valence-corrected chi connectivity index (χ2v) is 4.79. The maximum absolute atomic E-state index is 11.7. The molecule has 1 aromatic rings. The smallest absolute Gasteiger partial charge is 0.330 e. The van der Waals surface area contributed by atoms with E-state index in [9.17, 15) is 14.7 Å². The van der Waals surface area contributed by atoms with Crippen molar-refractivity contribution >= 4 is 0 Å². The Balaban J connectivity index is 2.19. The van der Waals surface area contributed by atoms with Crippen LogP contribution in [-0.2, 0) is 9.47 Å². The number of nitrogens with zero attached hydrogens (tertiary/aromatic N) is 1. The lowest BCUT2D eigenvalue weighted by molar-refractivity contribution is -0.0749. The van der Waals surface area contributed by atoms with E-state index >= 15 is 0 Å². The molecule has 0 amide bonds. The predicted octanol–water partition coefficient (Wildman–Crippen LogP) is -0.390. The van der Waals surface area contributed by atoms with Gasteiger partial charge in [-0.1, -0.05) is 0 Å². The summed E-state index contributed by atoms with van der Waals surface area (Å²) in [6.07, 6.45) is 0.576. The Kier molecular flexibility index (Phi) is 4.18. The van der Waals surface area contributed by atoms with Crippen LogP contribution in [0.1, 0.15) is 26.5 Å². The molecule has 0 unspecified atom stereocenters. The van der Waals surface area contributed by atoms with Crippen LogP contribution in [0.3, 0.4) is 0 Å². The third-order valence-corrected chi connectivity index (χ3v) is 2.97. The Labute approximate surface area is 109 Å². The van der Waals surface area contributed by atoms with Crippen molar-refractivity contribution in [1.82, 2.24) is 9.55 Å². The SMILES string of the molecule is CC(C)O[C@H]1C[C@H](n2ccc(=O)[nH]c2=O)O[C@@H]1CO. The number of aliphatic hydroxyl groups excluding tert-OH is 1. The van der Waals surface area contributed by atoms with Crippen molar-refractivity contribution < 1.29 is 14.6 Å². The average Bonchev–Trinajstić information content (AvgIpc) is 2.71. The van der Waals surface area contributed by atoms with Gasteiger partial charge in [0.15, 0.2) is 0 Å². The van der Waals surface area contributed by atoms with Gasteiger partial charge in [0.05, 0.1) is 18.8 Å². The zero-order valence-corrected chi connectivity index (χ0v) is 10.9. The third-order valence-electron chi connectivity index (χ3n) is 2.97. The number of aromatic amines is 1. The van der Waals surface area contributed by atoms with Gasteiger partial charge in [0.2, 0.25) is 0 Å². The molecule has 0 saturated carbocycles. The van der Waals surface area contributed by atoms with Crippen LogP contribution in [0.4, 0.5) is 0 Å². The van der Waals surface area contributed by atoms with Crippen LogP contribution in [0.5, 0.6) is 0 Å². The summed E-state index contributed by atoms with van der Waals surface area (Å²) in [6, 6.07) is 1.26. The molecule has 2 heterocycles. The van der Waals surface area contributed by atoms with Crippen molar-refractivity contribution in [2.24, 2.45) is 0 Å². The zero-order valence-electron chi connectivity index (χ0n) is 10.9. The van der Waals surface area contributed by atoms with Crippen LogP contribution in [0, 0.1) is 0 Å². The minimum absolute atomic E-state index is 0.00806. The fourth-order valence-electron chi connectivity index (χ4n) is 2.18. The number of ether oxygens (including phenoxy) is 2. The average molecular weight is 270 g/mol. The fourth-order valence-corrected chi connectivity index (χ4v) is 2.18. The van der Waals surface area contributed by atoms with E-state index in [-0.39, 0.29) is 18.8 Å². The van der Waals surface area contributed by atoms with Crippen molar-refractivity contribution in [3.63, 3.8) is 0 Å². The molecule has 2 rings (SSSR count). The maximum atomic E-state index is 11.7. The van der Waals surface area contributed by atoms with E-state index in [1.807, 2.05) is 13.8 Å².